The molecule has 0 spiro atoms. The van der Waals surface area contributed by atoms with Crippen LogP contribution in [0.1, 0.15) is 5.56 Å². The van der Waals surface area contributed by atoms with Crippen molar-refractivity contribution in [1.82, 2.24) is 19.9 Å². The molecule has 2 aliphatic heterocycles. The van der Waals surface area contributed by atoms with E-state index in [9.17, 15) is 13.2 Å². The van der Waals surface area contributed by atoms with Crippen molar-refractivity contribution in [3.63, 3.8) is 0 Å². The van der Waals surface area contributed by atoms with E-state index < -0.39 is 11.7 Å². The first kappa shape index (κ1) is 24.3. The molecule has 4 heterocycles. The van der Waals surface area contributed by atoms with Crippen LogP contribution >= 0.6 is 11.6 Å². The van der Waals surface area contributed by atoms with Gasteiger partial charge in [0.05, 0.1) is 23.8 Å². The SMILES string of the molecule is FC(F)(F)c1ccc(Nc2nc(N3CCOCC3)nc(N3CCN(c4ncccc4Cl)CC3)n2)cc1. The number of piperazine rings is 1. The third kappa shape index (κ3) is 5.54. The van der Waals surface area contributed by atoms with Gasteiger partial charge in [-0.3, -0.25) is 0 Å². The number of nitrogens with zero attached hydrogens (tertiary/aromatic N) is 7. The molecule has 0 amide bonds. The molecule has 36 heavy (non-hydrogen) atoms. The molecule has 2 fully saturated rings. The molecule has 2 saturated heterocycles. The summed E-state index contributed by atoms with van der Waals surface area (Å²) in [5.74, 6) is 1.99. The summed E-state index contributed by atoms with van der Waals surface area (Å²) in [6, 6.07) is 8.37. The van der Waals surface area contributed by atoms with E-state index in [1.165, 1.54) is 12.1 Å². The van der Waals surface area contributed by atoms with E-state index in [0.717, 1.165) is 18.0 Å². The largest absolute Gasteiger partial charge is 0.416 e. The molecule has 0 bridgehead atoms. The second-order valence-electron chi connectivity index (χ2n) is 8.34. The number of morpholine rings is 1. The second-order valence-corrected chi connectivity index (χ2v) is 8.75. The number of benzene rings is 1. The van der Waals surface area contributed by atoms with E-state index in [4.69, 9.17) is 21.3 Å². The van der Waals surface area contributed by atoms with Crippen molar-refractivity contribution in [3.8, 4) is 0 Å². The molecular formula is C23H24ClF3N8O. The zero-order valence-electron chi connectivity index (χ0n) is 19.2. The predicted molar refractivity (Wildman–Crippen MR) is 131 cm³/mol. The van der Waals surface area contributed by atoms with Crippen LogP contribution in [0.2, 0.25) is 5.02 Å². The van der Waals surface area contributed by atoms with E-state index in [2.05, 4.69) is 30.1 Å². The third-order valence-electron chi connectivity index (χ3n) is 5.98. The number of hydrogen-bond donors (Lipinski definition) is 1. The average molecular weight is 521 g/mol. The maximum atomic E-state index is 12.9. The standard InChI is InChI=1S/C23H24ClF3N8O/c24-18-2-1-7-28-19(18)33-8-10-34(11-9-33)21-30-20(31-22(32-21)35-12-14-36-15-13-35)29-17-5-3-16(4-6-17)23(25,26)27/h1-7H,8-15H2,(H,29,30,31,32). The van der Waals surface area contributed by atoms with E-state index in [1.807, 2.05) is 11.0 Å². The van der Waals surface area contributed by atoms with Gasteiger partial charge in [0.2, 0.25) is 17.8 Å². The molecule has 3 aromatic rings. The zero-order valence-corrected chi connectivity index (χ0v) is 20.0. The Bertz CT molecular complexity index is 1180. The molecule has 9 nitrogen and oxygen atoms in total. The summed E-state index contributed by atoms with van der Waals surface area (Å²) >= 11 is 6.31. The van der Waals surface area contributed by atoms with Crippen LogP contribution in [-0.2, 0) is 10.9 Å². The number of halogens is 4. The number of anilines is 5. The Hall–Kier alpha value is -3.38. The second kappa shape index (κ2) is 10.3. The van der Waals surface area contributed by atoms with Crippen molar-refractivity contribution in [2.24, 2.45) is 0 Å². The van der Waals surface area contributed by atoms with Crippen molar-refractivity contribution in [2.75, 3.05) is 72.5 Å². The molecule has 0 aliphatic carbocycles. The topological polar surface area (TPSA) is 82.5 Å². The predicted octanol–water partition coefficient (Wildman–Crippen LogP) is 3.85. The van der Waals surface area contributed by atoms with Gasteiger partial charge >= 0.3 is 6.18 Å². The molecule has 13 heteroatoms. The molecule has 1 N–H and O–H groups in total. The minimum Gasteiger partial charge on any atom is -0.378 e. The third-order valence-corrected chi connectivity index (χ3v) is 6.27. The Morgan fingerprint density at radius 1 is 0.806 bits per heavy atom. The first-order valence-electron chi connectivity index (χ1n) is 11.5. The van der Waals surface area contributed by atoms with Crippen LogP contribution in [0.3, 0.4) is 0 Å². The molecule has 2 aliphatic rings. The number of rotatable bonds is 5. The minimum absolute atomic E-state index is 0.261. The van der Waals surface area contributed by atoms with Crippen molar-refractivity contribution in [2.45, 2.75) is 6.18 Å². The van der Waals surface area contributed by atoms with Gasteiger partial charge in [-0.1, -0.05) is 11.6 Å². The Morgan fingerprint density at radius 3 is 2.03 bits per heavy atom. The lowest BCUT2D eigenvalue weighted by molar-refractivity contribution is -0.137. The minimum atomic E-state index is -4.40. The maximum absolute atomic E-state index is 12.9. The highest BCUT2D eigenvalue weighted by Crippen LogP contribution is 2.31. The van der Waals surface area contributed by atoms with Crippen molar-refractivity contribution < 1.29 is 17.9 Å². The van der Waals surface area contributed by atoms with Crippen LogP contribution < -0.4 is 20.0 Å². The lowest BCUT2D eigenvalue weighted by Crippen LogP contribution is -2.47. The van der Waals surface area contributed by atoms with Crippen LogP contribution in [0.4, 0.5) is 42.5 Å². The van der Waals surface area contributed by atoms with Crippen LogP contribution in [0.15, 0.2) is 42.6 Å². The summed E-state index contributed by atoms with van der Waals surface area (Å²) in [5.41, 5.74) is -0.271. The van der Waals surface area contributed by atoms with Gasteiger partial charge in [-0.15, -0.1) is 0 Å². The van der Waals surface area contributed by atoms with Gasteiger partial charge in [0.15, 0.2) is 0 Å². The molecule has 0 unspecified atom stereocenters. The number of aromatic nitrogens is 4. The molecule has 0 atom stereocenters. The average Bonchev–Trinajstić information content (AvgIpc) is 2.89. The summed E-state index contributed by atoms with van der Waals surface area (Å²) in [7, 11) is 0. The summed E-state index contributed by atoms with van der Waals surface area (Å²) in [4.78, 5) is 24.4. The van der Waals surface area contributed by atoms with Gasteiger partial charge in [0.25, 0.3) is 0 Å². The van der Waals surface area contributed by atoms with Crippen molar-refractivity contribution >= 4 is 41.0 Å². The lowest BCUT2D eigenvalue weighted by atomic mass is 10.2. The van der Waals surface area contributed by atoms with Gasteiger partial charge < -0.3 is 24.8 Å². The lowest BCUT2D eigenvalue weighted by Gasteiger charge is -2.36. The summed E-state index contributed by atoms with van der Waals surface area (Å²) in [6.07, 6.45) is -2.68. The molecule has 0 saturated carbocycles. The fraction of sp³-hybridized carbons (Fsp3) is 0.391. The van der Waals surface area contributed by atoms with Crippen LogP contribution in [0.5, 0.6) is 0 Å². The van der Waals surface area contributed by atoms with Crippen LogP contribution in [0, 0.1) is 0 Å². The monoisotopic (exact) mass is 520 g/mol. The fourth-order valence-electron chi connectivity index (χ4n) is 4.06. The van der Waals surface area contributed by atoms with E-state index in [0.29, 0.717) is 75.1 Å². The van der Waals surface area contributed by atoms with E-state index in [1.54, 1.807) is 12.3 Å². The number of nitrogens with one attached hydrogen (secondary N) is 1. The van der Waals surface area contributed by atoms with Crippen LogP contribution in [-0.4, -0.2) is 72.4 Å². The maximum Gasteiger partial charge on any atom is 0.416 e. The van der Waals surface area contributed by atoms with E-state index >= 15 is 0 Å². The normalized spacial score (nSPS) is 16.8. The first-order chi connectivity index (χ1) is 17.4. The Kier molecular flexibility index (Phi) is 6.97. The van der Waals surface area contributed by atoms with Gasteiger partial charge in [-0.25, -0.2) is 4.98 Å². The number of alkyl halides is 3. The summed E-state index contributed by atoms with van der Waals surface area (Å²) in [5, 5.41) is 3.63. The fourth-order valence-corrected chi connectivity index (χ4v) is 4.30. The Balaban J connectivity index is 1.37. The molecule has 5 rings (SSSR count). The quantitative estimate of drug-likeness (QED) is 0.539. The molecule has 0 radical (unpaired) electrons. The van der Waals surface area contributed by atoms with Crippen molar-refractivity contribution in [1.29, 1.82) is 0 Å². The zero-order chi connectivity index (χ0) is 25.1. The molecule has 2 aromatic heterocycles. The number of hydrogen-bond acceptors (Lipinski definition) is 9. The van der Waals surface area contributed by atoms with Gasteiger partial charge in [-0.2, -0.15) is 28.1 Å². The smallest absolute Gasteiger partial charge is 0.378 e. The summed E-state index contributed by atoms with van der Waals surface area (Å²) < 4.78 is 44.2. The highest BCUT2D eigenvalue weighted by molar-refractivity contribution is 6.32. The first-order valence-corrected chi connectivity index (χ1v) is 11.9. The Morgan fingerprint density at radius 2 is 1.42 bits per heavy atom. The molecule has 190 valence electrons. The van der Waals surface area contributed by atoms with Crippen molar-refractivity contribution in [3.05, 3.63) is 53.2 Å². The molecule has 1 aromatic carbocycles. The highest BCUT2D eigenvalue weighted by atomic mass is 35.5. The number of pyridine rings is 1. The van der Waals surface area contributed by atoms with Gasteiger partial charge in [0.1, 0.15) is 5.82 Å². The Labute approximate surface area is 210 Å². The van der Waals surface area contributed by atoms with Gasteiger partial charge in [-0.05, 0) is 36.4 Å². The number of ether oxygens (including phenoxy) is 1. The van der Waals surface area contributed by atoms with Crippen LogP contribution in [0.25, 0.3) is 0 Å². The van der Waals surface area contributed by atoms with Gasteiger partial charge in [0, 0.05) is 51.2 Å². The van der Waals surface area contributed by atoms with E-state index in [-0.39, 0.29) is 5.95 Å². The molecular weight excluding hydrogens is 497 g/mol. The highest BCUT2D eigenvalue weighted by Gasteiger charge is 2.30. The summed E-state index contributed by atoms with van der Waals surface area (Å²) in [6.45, 7) is 5.02.